The summed E-state index contributed by atoms with van der Waals surface area (Å²) in [6.45, 7) is 3.32. The third-order valence-corrected chi connectivity index (χ3v) is 4.06. The maximum Gasteiger partial charge on any atom is 0.270 e. The molecule has 0 saturated carbocycles. The Bertz CT molecular complexity index is 880. The van der Waals surface area contributed by atoms with Crippen LogP contribution in [-0.2, 0) is 6.54 Å². The monoisotopic (exact) mass is 349 g/mol. The molecule has 0 aliphatic rings. The normalized spacial score (nSPS) is 10.7. The maximum atomic E-state index is 12.4. The van der Waals surface area contributed by atoms with Crippen LogP contribution in [0.15, 0.2) is 54.7 Å². The number of unbranched alkanes of at least 4 members (excludes halogenated alkanes) is 2. The molecule has 0 atom stereocenters. The van der Waals surface area contributed by atoms with Gasteiger partial charge >= 0.3 is 0 Å². The summed E-state index contributed by atoms with van der Waals surface area (Å²) in [6, 6.07) is 15.0. The second-order valence-electron chi connectivity index (χ2n) is 6.12. The molecule has 0 radical (unpaired) electrons. The van der Waals surface area contributed by atoms with Gasteiger partial charge in [0.25, 0.3) is 5.91 Å². The maximum absolute atomic E-state index is 12.4. The Labute approximate surface area is 153 Å². The van der Waals surface area contributed by atoms with E-state index in [0.29, 0.717) is 17.8 Å². The zero-order valence-corrected chi connectivity index (χ0v) is 14.9. The van der Waals surface area contributed by atoms with Gasteiger partial charge in [-0.3, -0.25) is 9.78 Å². The molecule has 3 aromatic rings. The van der Waals surface area contributed by atoms with Crippen LogP contribution in [-0.4, -0.2) is 22.5 Å². The Kier molecular flexibility index (Phi) is 6.14. The number of carbonyl (C=O) groups is 1. The SMILES string of the molecule is CCCCCOc1cccc(CNC(=O)c2ccc3ncccc3n2)c1. The number of aromatic nitrogens is 2. The van der Waals surface area contributed by atoms with E-state index >= 15 is 0 Å². The molecule has 26 heavy (non-hydrogen) atoms. The van der Waals surface area contributed by atoms with Gasteiger partial charge in [0.1, 0.15) is 11.4 Å². The fourth-order valence-corrected chi connectivity index (χ4v) is 2.64. The second-order valence-corrected chi connectivity index (χ2v) is 6.12. The number of benzene rings is 1. The molecule has 0 aliphatic heterocycles. The molecule has 0 spiro atoms. The van der Waals surface area contributed by atoms with Gasteiger partial charge in [-0.25, -0.2) is 4.98 Å². The molecular formula is C21H23N3O2. The van der Waals surface area contributed by atoms with Crippen LogP contribution >= 0.6 is 0 Å². The van der Waals surface area contributed by atoms with Crippen LogP contribution in [0.3, 0.4) is 0 Å². The first-order valence-corrected chi connectivity index (χ1v) is 8.98. The van der Waals surface area contributed by atoms with Gasteiger partial charge in [-0.2, -0.15) is 0 Å². The largest absolute Gasteiger partial charge is 0.494 e. The zero-order valence-electron chi connectivity index (χ0n) is 14.9. The van der Waals surface area contributed by atoms with Crippen LogP contribution in [0, 0.1) is 0 Å². The minimum Gasteiger partial charge on any atom is -0.494 e. The number of fused-ring (bicyclic) bond motifs is 1. The Balaban J connectivity index is 1.58. The number of nitrogens with zero attached hydrogens (tertiary/aromatic N) is 2. The van der Waals surface area contributed by atoms with Crippen molar-refractivity contribution < 1.29 is 9.53 Å². The standard InChI is InChI=1S/C21H23N3O2/c1-2-3-4-13-26-17-8-5-7-16(14-17)15-23-21(25)20-11-10-18-19(24-20)9-6-12-22-18/h5-12,14H,2-4,13,15H2,1H3,(H,23,25). The van der Waals surface area contributed by atoms with E-state index < -0.39 is 0 Å². The molecule has 0 saturated heterocycles. The molecule has 5 heteroatoms. The lowest BCUT2D eigenvalue weighted by Gasteiger charge is -2.09. The number of carbonyl (C=O) groups excluding carboxylic acids is 1. The van der Waals surface area contributed by atoms with Gasteiger partial charge in [0.2, 0.25) is 0 Å². The average Bonchev–Trinajstić information content (AvgIpc) is 2.69. The van der Waals surface area contributed by atoms with E-state index in [4.69, 9.17) is 4.74 Å². The third kappa shape index (κ3) is 4.79. The van der Waals surface area contributed by atoms with Gasteiger partial charge in [0.15, 0.2) is 0 Å². The predicted octanol–water partition coefficient (Wildman–Crippen LogP) is 4.13. The lowest BCUT2D eigenvalue weighted by molar-refractivity contribution is 0.0946. The van der Waals surface area contributed by atoms with Crippen molar-refractivity contribution in [2.45, 2.75) is 32.7 Å². The van der Waals surface area contributed by atoms with Crippen LogP contribution in [0.2, 0.25) is 0 Å². The van der Waals surface area contributed by atoms with Crippen LogP contribution in [0.5, 0.6) is 5.75 Å². The predicted molar refractivity (Wildman–Crippen MR) is 102 cm³/mol. The summed E-state index contributed by atoms with van der Waals surface area (Å²) in [6.07, 6.45) is 5.11. The van der Waals surface area contributed by atoms with E-state index in [1.807, 2.05) is 42.5 Å². The van der Waals surface area contributed by atoms with Gasteiger partial charge in [-0.1, -0.05) is 31.9 Å². The fourth-order valence-electron chi connectivity index (χ4n) is 2.64. The first-order chi connectivity index (χ1) is 12.8. The van der Waals surface area contributed by atoms with Crippen molar-refractivity contribution in [2.24, 2.45) is 0 Å². The number of ether oxygens (including phenoxy) is 1. The summed E-state index contributed by atoms with van der Waals surface area (Å²) in [5.74, 6) is 0.632. The van der Waals surface area contributed by atoms with Crippen LogP contribution in [0.25, 0.3) is 11.0 Å². The number of amides is 1. The van der Waals surface area contributed by atoms with E-state index in [-0.39, 0.29) is 5.91 Å². The zero-order chi connectivity index (χ0) is 18.2. The van der Waals surface area contributed by atoms with Crippen LogP contribution in [0.4, 0.5) is 0 Å². The Morgan fingerprint density at radius 2 is 2.00 bits per heavy atom. The second kappa shape index (κ2) is 8.94. The van der Waals surface area contributed by atoms with Crippen molar-refractivity contribution in [1.82, 2.24) is 15.3 Å². The molecule has 2 heterocycles. The fraction of sp³-hybridized carbons (Fsp3) is 0.286. The summed E-state index contributed by atoms with van der Waals surface area (Å²) < 4.78 is 5.76. The minimum absolute atomic E-state index is 0.204. The molecule has 2 aromatic heterocycles. The van der Waals surface area contributed by atoms with E-state index in [1.165, 1.54) is 12.8 Å². The van der Waals surface area contributed by atoms with E-state index in [2.05, 4.69) is 22.2 Å². The van der Waals surface area contributed by atoms with E-state index in [0.717, 1.165) is 29.9 Å². The molecule has 3 rings (SSSR count). The molecule has 1 N–H and O–H groups in total. The molecule has 1 aromatic carbocycles. The van der Waals surface area contributed by atoms with E-state index in [1.54, 1.807) is 12.3 Å². The topological polar surface area (TPSA) is 64.1 Å². The summed E-state index contributed by atoms with van der Waals surface area (Å²) in [5.41, 5.74) is 2.87. The first-order valence-electron chi connectivity index (χ1n) is 8.98. The molecule has 0 unspecified atom stereocenters. The Hall–Kier alpha value is -2.95. The number of hydrogen-bond donors (Lipinski definition) is 1. The lowest BCUT2D eigenvalue weighted by Crippen LogP contribution is -2.23. The van der Waals surface area contributed by atoms with Gasteiger partial charge < -0.3 is 10.1 Å². The number of pyridine rings is 2. The highest BCUT2D eigenvalue weighted by atomic mass is 16.5. The Morgan fingerprint density at radius 1 is 1.08 bits per heavy atom. The van der Waals surface area contributed by atoms with Gasteiger partial charge in [0, 0.05) is 12.7 Å². The van der Waals surface area contributed by atoms with Crippen molar-refractivity contribution in [3.05, 3.63) is 66.0 Å². The molecule has 1 amide bonds. The van der Waals surface area contributed by atoms with Gasteiger partial charge in [-0.05, 0) is 48.4 Å². The average molecular weight is 349 g/mol. The number of nitrogens with one attached hydrogen (secondary N) is 1. The van der Waals surface area contributed by atoms with Crippen LogP contribution < -0.4 is 10.1 Å². The van der Waals surface area contributed by atoms with Gasteiger partial charge in [0.05, 0.1) is 17.6 Å². The lowest BCUT2D eigenvalue weighted by atomic mass is 10.2. The minimum atomic E-state index is -0.204. The van der Waals surface area contributed by atoms with Crippen molar-refractivity contribution in [1.29, 1.82) is 0 Å². The Morgan fingerprint density at radius 3 is 2.88 bits per heavy atom. The summed E-state index contributed by atoms with van der Waals surface area (Å²) in [7, 11) is 0. The summed E-state index contributed by atoms with van der Waals surface area (Å²) in [4.78, 5) is 20.9. The van der Waals surface area contributed by atoms with Crippen molar-refractivity contribution in [2.75, 3.05) is 6.61 Å². The number of rotatable bonds is 8. The highest BCUT2D eigenvalue weighted by Gasteiger charge is 2.08. The summed E-state index contributed by atoms with van der Waals surface area (Å²) in [5, 5.41) is 2.91. The highest BCUT2D eigenvalue weighted by molar-refractivity contribution is 5.94. The summed E-state index contributed by atoms with van der Waals surface area (Å²) >= 11 is 0. The van der Waals surface area contributed by atoms with Crippen molar-refractivity contribution in [3.8, 4) is 5.75 Å². The van der Waals surface area contributed by atoms with Crippen LogP contribution in [0.1, 0.15) is 42.2 Å². The molecule has 0 fully saturated rings. The van der Waals surface area contributed by atoms with Crippen molar-refractivity contribution in [3.63, 3.8) is 0 Å². The highest BCUT2D eigenvalue weighted by Crippen LogP contribution is 2.14. The molecule has 5 nitrogen and oxygen atoms in total. The molecule has 134 valence electrons. The quantitative estimate of drug-likeness (QED) is 0.621. The number of hydrogen-bond acceptors (Lipinski definition) is 4. The molecule has 0 bridgehead atoms. The first kappa shape index (κ1) is 17.9. The van der Waals surface area contributed by atoms with Crippen molar-refractivity contribution >= 4 is 16.9 Å². The third-order valence-electron chi connectivity index (χ3n) is 4.06. The van der Waals surface area contributed by atoms with E-state index in [9.17, 15) is 4.79 Å². The van der Waals surface area contributed by atoms with Gasteiger partial charge in [-0.15, -0.1) is 0 Å². The molecular weight excluding hydrogens is 326 g/mol. The smallest absolute Gasteiger partial charge is 0.270 e. The molecule has 0 aliphatic carbocycles.